The van der Waals surface area contributed by atoms with Crippen molar-refractivity contribution in [3.63, 3.8) is 0 Å². The first-order valence-corrected chi connectivity index (χ1v) is 2.73. The number of rotatable bonds is 4. The van der Waals surface area contributed by atoms with Gasteiger partial charge in [-0.25, -0.2) is 0 Å². The average molecular weight is 99.2 g/mol. The van der Waals surface area contributed by atoms with Gasteiger partial charge < -0.3 is 5.32 Å². The highest BCUT2D eigenvalue weighted by atomic mass is 14.8. The summed E-state index contributed by atoms with van der Waals surface area (Å²) in [6, 6.07) is 0. The molecule has 0 atom stereocenters. The Morgan fingerprint density at radius 1 is 1.71 bits per heavy atom. The van der Waals surface area contributed by atoms with E-state index >= 15 is 0 Å². The first-order chi connectivity index (χ1) is 3.41. The van der Waals surface area contributed by atoms with Gasteiger partial charge in [0.15, 0.2) is 0 Å². The van der Waals surface area contributed by atoms with Gasteiger partial charge in [-0.3, -0.25) is 0 Å². The fourth-order valence-electron chi connectivity index (χ4n) is 0.381. The van der Waals surface area contributed by atoms with E-state index in [9.17, 15) is 0 Å². The van der Waals surface area contributed by atoms with Crippen LogP contribution in [0.1, 0.15) is 13.3 Å². The van der Waals surface area contributed by atoms with Crippen molar-refractivity contribution in [2.75, 3.05) is 13.1 Å². The fourth-order valence-corrected chi connectivity index (χ4v) is 0.381. The highest BCUT2D eigenvalue weighted by Gasteiger charge is 1.73. The van der Waals surface area contributed by atoms with Crippen molar-refractivity contribution in [3.8, 4) is 0 Å². The van der Waals surface area contributed by atoms with Gasteiger partial charge in [-0.1, -0.05) is 13.0 Å². The van der Waals surface area contributed by atoms with Crippen molar-refractivity contribution in [1.29, 1.82) is 0 Å². The van der Waals surface area contributed by atoms with Crippen LogP contribution in [0.15, 0.2) is 12.7 Å². The van der Waals surface area contributed by atoms with Crippen molar-refractivity contribution in [2.45, 2.75) is 13.3 Å². The molecule has 0 rings (SSSR count). The summed E-state index contributed by atoms with van der Waals surface area (Å²) in [5, 5.41) is 3.17. The van der Waals surface area contributed by atoms with Gasteiger partial charge in [0.1, 0.15) is 0 Å². The molecule has 0 radical (unpaired) electrons. The largest absolute Gasteiger partial charge is 0.313 e. The summed E-state index contributed by atoms with van der Waals surface area (Å²) >= 11 is 0. The van der Waals surface area contributed by atoms with Crippen molar-refractivity contribution in [1.82, 2.24) is 5.32 Å². The van der Waals surface area contributed by atoms with Gasteiger partial charge in [-0.15, -0.1) is 6.58 Å². The van der Waals surface area contributed by atoms with E-state index in [0.717, 1.165) is 13.1 Å². The van der Waals surface area contributed by atoms with E-state index < -0.39 is 0 Å². The Morgan fingerprint density at radius 2 is 2.43 bits per heavy atom. The molecule has 0 bridgehead atoms. The highest BCUT2D eigenvalue weighted by molar-refractivity contribution is 4.68. The summed E-state index contributed by atoms with van der Waals surface area (Å²) in [6.07, 6.45) is 3.07. The van der Waals surface area contributed by atoms with Gasteiger partial charge in [0.25, 0.3) is 0 Å². The van der Waals surface area contributed by atoms with Crippen molar-refractivity contribution < 1.29 is 0 Å². The van der Waals surface area contributed by atoms with Crippen LogP contribution in [-0.4, -0.2) is 13.1 Å². The van der Waals surface area contributed by atoms with E-state index in [-0.39, 0.29) is 0 Å². The Balaban J connectivity index is 2.56. The minimum Gasteiger partial charge on any atom is -0.313 e. The Hall–Kier alpha value is -0.300. The van der Waals surface area contributed by atoms with Crippen LogP contribution < -0.4 is 5.32 Å². The van der Waals surface area contributed by atoms with Crippen molar-refractivity contribution >= 4 is 0 Å². The minimum absolute atomic E-state index is 0.938. The minimum atomic E-state index is 0.938. The molecule has 0 aromatic carbocycles. The standard InChI is InChI=1S/C6H13N/c1-3-5-7-6-4-2/h3,7H,1,4-6H2,2H3. The van der Waals surface area contributed by atoms with E-state index in [1.165, 1.54) is 6.42 Å². The molecule has 0 amide bonds. The number of nitrogens with one attached hydrogen (secondary N) is 1. The zero-order valence-corrected chi connectivity index (χ0v) is 4.91. The molecule has 1 nitrogen and oxygen atoms in total. The number of hydrogen-bond donors (Lipinski definition) is 1. The smallest absolute Gasteiger partial charge is 0.0132 e. The van der Waals surface area contributed by atoms with Crippen molar-refractivity contribution in [3.05, 3.63) is 12.7 Å². The normalized spacial score (nSPS) is 8.71. The molecular weight excluding hydrogens is 86.1 g/mol. The average Bonchev–Trinajstić information content (AvgIpc) is 1.69. The predicted octanol–water partition coefficient (Wildman–Crippen LogP) is 1.17. The lowest BCUT2D eigenvalue weighted by molar-refractivity contribution is 0.730. The van der Waals surface area contributed by atoms with Crippen LogP contribution in [0.5, 0.6) is 0 Å². The fraction of sp³-hybridized carbons (Fsp3) is 0.667. The lowest BCUT2D eigenvalue weighted by Gasteiger charge is -1.93. The Kier molecular flexibility index (Phi) is 5.46. The second-order valence-electron chi connectivity index (χ2n) is 1.49. The molecule has 0 unspecified atom stereocenters. The van der Waals surface area contributed by atoms with Gasteiger partial charge in [0.05, 0.1) is 0 Å². The van der Waals surface area contributed by atoms with Crippen molar-refractivity contribution in [2.24, 2.45) is 0 Å². The maximum atomic E-state index is 3.57. The van der Waals surface area contributed by atoms with E-state index in [4.69, 9.17) is 0 Å². The van der Waals surface area contributed by atoms with Crippen LogP contribution in [0.2, 0.25) is 0 Å². The van der Waals surface area contributed by atoms with E-state index in [0.29, 0.717) is 0 Å². The van der Waals surface area contributed by atoms with E-state index in [1.54, 1.807) is 0 Å². The first kappa shape index (κ1) is 6.70. The summed E-state index contributed by atoms with van der Waals surface area (Å²) in [6.45, 7) is 7.76. The van der Waals surface area contributed by atoms with E-state index in [2.05, 4.69) is 18.8 Å². The molecule has 0 saturated carbocycles. The predicted molar refractivity (Wildman–Crippen MR) is 33.4 cm³/mol. The lowest BCUT2D eigenvalue weighted by Crippen LogP contribution is -2.13. The van der Waals surface area contributed by atoms with Gasteiger partial charge in [-0.2, -0.15) is 0 Å². The molecular formula is C6H13N. The molecule has 0 aliphatic carbocycles. The molecule has 0 aliphatic heterocycles. The monoisotopic (exact) mass is 99.1 g/mol. The van der Waals surface area contributed by atoms with E-state index in [1.807, 2.05) is 6.08 Å². The summed E-state index contributed by atoms with van der Waals surface area (Å²) in [5.74, 6) is 0. The van der Waals surface area contributed by atoms with Crippen LogP contribution >= 0.6 is 0 Å². The molecule has 0 fully saturated rings. The topological polar surface area (TPSA) is 12.0 Å². The third kappa shape index (κ3) is 5.70. The van der Waals surface area contributed by atoms with Crippen LogP contribution in [0.3, 0.4) is 0 Å². The SMILES string of the molecule is C=CCNCCC. The number of hydrogen-bond acceptors (Lipinski definition) is 1. The summed E-state index contributed by atoms with van der Waals surface area (Å²) < 4.78 is 0. The maximum absolute atomic E-state index is 3.57. The summed E-state index contributed by atoms with van der Waals surface area (Å²) in [4.78, 5) is 0. The Labute approximate surface area is 45.4 Å². The third-order valence-electron chi connectivity index (χ3n) is 0.715. The quantitative estimate of drug-likeness (QED) is 0.412. The first-order valence-electron chi connectivity index (χ1n) is 2.73. The van der Waals surface area contributed by atoms with Crippen LogP contribution in [0.25, 0.3) is 0 Å². The van der Waals surface area contributed by atoms with Crippen LogP contribution in [0, 0.1) is 0 Å². The highest BCUT2D eigenvalue weighted by Crippen LogP contribution is 1.67. The van der Waals surface area contributed by atoms with Gasteiger partial charge >= 0.3 is 0 Å². The molecule has 7 heavy (non-hydrogen) atoms. The molecule has 1 N–H and O–H groups in total. The zero-order valence-electron chi connectivity index (χ0n) is 4.91. The molecule has 0 aromatic heterocycles. The van der Waals surface area contributed by atoms with Crippen LogP contribution in [0.4, 0.5) is 0 Å². The lowest BCUT2D eigenvalue weighted by atomic mass is 10.5. The molecule has 0 saturated heterocycles. The zero-order chi connectivity index (χ0) is 5.54. The van der Waals surface area contributed by atoms with Gasteiger partial charge in [0, 0.05) is 6.54 Å². The Morgan fingerprint density at radius 3 is 2.86 bits per heavy atom. The molecule has 0 aliphatic rings. The molecule has 0 aromatic rings. The molecule has 0 heterocycles. The maximum Gasteiger partial charge on any atom is 0.0132 e. The van der Waals surface area contributed by atoms with Gasteiger partial charge in [-0.05, 0) is 13.0 Å². The summed E-state index contributed by atoms with van der Waals surface area (Å²) in [5.41, 5.74) is 0. The van der Waals surface area contributed by atoms with Crippen LogP contribution in [-0.2, 0) is 0 Å². The Bertz CT molecular complexity index is 41.4. The third-order valence-corrected chi connectivity index (χ3v) is 0.715. The van der Waals surface area contributed by atoms with Gasteiger partial charge in [0.2, 0.25) is 0 Å². The molecule has 42 valence electrons. The summed E-state index contributed by atoms with van der Waals surface area (Å²) in [7, 11) is 0. The second-order valence-corrected chi connectivity index (χ2v) is 1.49. The second kappa shape index (κ2) is 5.70. The molecule has 1 heteroatoms. The molecule has 0 spiro atoms.